The van der Waals surface area contributed by atoms with Gasteiger partial charge in [-0.3, -0.25) is 9.59 Å². The van der Waals surface area contributed by atoms with Crippen LogP contribution in [0.1, 0.15) is 30.4 Å². The summed E-state index contributed by atoms with van der Waals surface area (Å²) in [5.74, 6) is 0.609. The van der Waals surface area contributed by atoms with E-state index in [0.29, 0.717) is 6.42 Å². The zero-order chi connectivity index (χ0) is 13.0. The minimum absolute atomic E-state index is 0.147. The minimum atomic E-state index is 0.147. The van der Waals surface area contributed by atoms with Crippen molar-refractivity contribution in [2.45, 2.75) is 32.1 Å². The molecule has 2 aliphatic heterocycles. The van der Waals surface area contributed by atoms with Crippen LogP contribution < -0.4 is 10.2 Å². The van der Waals surface area contributed by atoms with Crippen LogP contribution in [0.15, 0.2) is 12.1 Å². The fourth-order valence-corrected chi connectivity index (χ4v) is 3.12. The van der Waals surface area contributed by atoms with Gasteiger partial charge in [0.25, 0.3) is 0 Å². The highest BCUT2D eigenvalue weighted by Gasteiger charge is 2.33. The third kappa shape index (κ3) is 1.74. The highest BCUT2D eigenvalue weighted by molar-refractivity contribution is 6.00. The Morgan fingerprint density at radius 3 is 2.63 bits per heavy atom. The maximum atomic E-state index is 11.8. The summed E-state index contributed by atoms with van der Waals surface area (Å²) in [5, 5.41) is 3.02. The summed E-state index contributed by atoms with van der Waals surface area (Å²) in [6, 6.07) is 4.08. The largest absolute Gasteiger partial charge is 0.326 e. The summed E-state index contributed by atoms with van der Waals surface area (Å²) in [5.41, 5.74) is 4.43. The first-order valence-corrected chi connectivity index (χ1v) is 6.99. The molecule has 1 aromatic carbocycles. The molecule has 2 amide bonds. The average Bonchev–Trinajstić information content (AvgIpc) is 3.16. The molecule has 1 N–H and O–H groups in total. The monoisotopic (exact) mass is 256 g/mol. The Morgan fingerprint density at radius 2 is 1.89 bits per heavy atom. The molecule has 0 atom stereocenters. The molecule has 1 aromatic rings. The van der Waals surface area contributed by atoms with Crippen molar-refractivity contribution in [2.75, 3.05) is 16.8 Å². The second kappa shape index (κ2) is 3.83. The number of carbonyl (C=O) groups is 2. The number of hydrogen-bond donors (Lipinski definition) is 1. The SMILES string of the molecule is O=C(Nc1cc2c3c(c1)CCN3C(=O)CC2)C1CC1. The lowest BCUT2D eigenvalue weighted by atomic mass is 9.98. The summed E-state index contributed by atoms with van der Waals surface area (Å²) in [4.78, 5) is 25.6. The van der Waals surface area contributed by atoms with Gasteiger partial charge >= 0.3 is 0 Å². The van der Waals surface area contributed by atoms with Crippen molar-refractivity contribution < 1.29 is 9.59 Å². The van der Waals surface area contributed by atoms with Crippen LogP contribution >= 0.6 is 0 Å². The van der Waals surface area contributed by atoms with Crippen molar-refractivity contribution in [2.24, 2.45) is 5.92 Å². The normalized spacial score (nSPS) is 20.4. The first-order chi connectivity index (χ1) is 9.22. The van der Waals surface area contributed by atoms with Gasteiger partial charge in [-0.15, -0.1) is 0 Å². The van der Waals surface area contributed by atoms with Crippen LogP contribution in [0.2, 0.25) is 0 Å². The van der Waals surface area contributed by atoms with Crippen molar-refractivity contribution in [3.05, 3.63) is 23.3 Å². The Bertz CT molecular complexity index is 590. The van der Waals surface area contributed by atoms with E-state index in [1.807, 2.05) is 17.0 Å². The van der Waals surface area contributed by atoms with Crippen LogP contribution in [0.4, 0.5) is 11.4 Å². The van der Waals surface area contributed by atoms with Crippen molar-refractivity contribution in [3.63, 3.8) is 0 Å². The lowest BCUT2D eigenvalue weighted by Crippen LogP contribution is -2.32. The molecule has 1 saturated carbocycles. The highest BCUT2D eigenvalue weighted by Crippen LogP contribution is 2.39. The number of aryl methyl sites for hydroxylation is 1. The third-order valence-electron chi connectivity index (χ3n) is 4.27. The molecule has 3 aliphatic rings. The number of hydrogen-bond acceptors (Lipinski definition) is 2. The third-order valence-corrected chi connectivity index (χ3v) is 4.27. The maximum Gasteiger partial charge on any atom is 0.227 e. The molecule has 19 heavy (non-hydrogen) atoms. The van der Waals surface area contributed by atoms with Crippen molar-refractivity contribution in [1.82, 2.24) is 0 Å². The van der Waals surface area contributed by atoms with Crippen LogP contribution in [0.5, 0.6) is 0 Å². The molecule has 0 unspecified atom stereocenters. The molecule has 1 fully saturated rings. The first kappa shape index (κ1) is 11.0. The van der Waals surface area contributed by atoms with Gasteiger partial charge in [-0.05, 0) is 48.9 Å². The van der Waals surface area contributed by atoms with Gasteiger partial charge in [-0.2, -0.15) is 0 Å². The Labute approximate surface area is 111 Å². The van der Waals surface area contributed by atoms with Gasteiger partial charge in [-0.1, -0.05) is 0 Å². The molecule has 0 bridgehead atoms. The van der Waals surface area contributed by atoms with Crippen molar-refractivity contribution in [3.8, 4) is 0 Å². The van der Waals surface area contributed by atoms with Gasteiger partial charge in [-0.25, -0.2) is 0 Å². The number of nitrogens with zero attached hydrogens (tertiary/aromatic N) is 1. The summed E-state index contributed by atoms with van der Waals surface area (Å²) < 4.78 is 0. The standard InChI is InChI=1S/C15H16N2O2/c18-13-4-3-10-7-12(16-15(19)9-1-2-9)8-11-5-6-17(13)14(10)11/h7-9H,1-6H2,(H,16,19). The fraction of sp³-hybridized carbons (Fsp3) is 0.467. The zero-order valence-corrected chi connectivity index (χ0v) is 10.7. The quantitative estimate of drug-likeness (QED) is 0.878. The molecule has 0 radical (unpaired) electrons. The molecule has 0 spiro atoms. The molecule has 0 aromatic heterocycles. The number of benzene rings is 1. The highest BCUT2D eigenvalue weighted by atomic mass is 16.2. The van der Waals surface area contributed by atoms with Crippen molar-refractivity contribution >= 4 is 23.2 Å². The lowest BCUT2D eigenvalue weighted by molar-refractivity contribution is -0.119. The summed E-state index contributed by atoms with van der Waals surface area (Å²) in [7, 11) is 0. The fourth-order valence-electron chi connectivity index (χ4n) is 3.12. The van der Waals surface area contributed by atoms with Crippen LogP contribution in [0.25, 0.3) is 0 Å². The van der Waals surface area contributed by atoms with E-state index in [4.69, 9.17) is 0 Å². The molecule has 0 saturated heterocycles. The van der Waals surface area contributed by atoms with Crippen LogP contribution in [0.3, 0.4) is 0 Å². The number of carbonyl (C=O) groups excluding carboxylic acids is 2. The van der Waals surface area contributed by atoms with Crippen molar-refractivity contribution in [1.29, 1.82) is 0 Å². The smallest absolute Gasteiger partial charge is 0.227 e. The van der Waals surface area contributed by atoms with Crippen LogP contribution in [-0.4, -0.2) is 18.4 Å². The second-order valence-electron chi connectivity index (χ2n) is 5.70. The molecule has 1 aliphatic carbocycles. The predicted octanol–water partition coefficient (Wildman–Crippen LogP) is 1.87. The van der Waals surface area contributed by atoms with Gasteiger partial charge in [0.1, 0.15) is 0 Å². The number of rotatable bonds is 2. The maximum absolute atomic E-state index is 11.8. The van der Waals surface area contributed by atoms with Crippen LogP contribution in [0, 0.1) is 5.92 Å². The van der Waals surface area contributed by atoms with Gasteiger partial charge in [0.2, 0.25) is 11.8 Å². The van der Waals surface area contributed by atoms with E-state index in [2.05, 4.69) is 5.32 Å². The second-order valence-corrected chi connectivity index (χ2v) is 5.70. The molecule has 4 nitrogen and oxygen atoms in total. The Balaban J connectivity index is 1.69. The molecule has 98 valence electrons. The average molecular weight is 256 g/mol. The first-order valence-electron chi connectivity index (χ1n) is 6.99. The molecule has 4 heteroatoms. The van der Waals surface area contributed by atoms with E-state index in [-0.39, 0.29) is 17.7 Å². The van der Waals surface area contributed by atoms with E-state index >= 15 is 0 Å². The Hall–Kier alpha value is -1.84. The van der Waals surface area contributed by atoms with Gasteiger partial charge in [0.15, 0.2) is 0 Å². The number of amides is 2. The van der Waals surface area contributed by atoms with Crippen LogP contribution in [-0.2, 0) is 22.4 Å². The van der Waals surface area contributed by atoms with E-state index in [1.54, 1.807) is 0 Å². The van der Waals surface area contributed by atoms with Gasteiger partial charge in [0.05, 0.1) is 5.69 Å². The van der Waals surface area contributed by atoms with E-state index in [1.165, 1.54) is 11.1 Å². The zero-order valence-electron chi connectivity index (χ0n) is 10.7. The molecular weight excluding hydrogens is 240 g/mol. The van der Waals surface area contributed by atoms with E-state index < -0.39 is 0 Å². The summed E-state index contributed by atoms with van der Waals surface area (Å²) >= 11 is 0. The molecule has 2 heterocycles. The number of anilines is 2. The predicted molar refractivity (Wildman–Crippen MR) is 72.2 cm³/mol. The molecular formula is C15H16N2O2. The van der Waals surface area contributed by atoms with E-state index in [0.717, 1.165) is 43.6 Å². The topological polar surface area (TPSA) is 49.4 Å². The summed E-state index contributed by atoms with van der Waals surface area (Å²) in [6.45, 7) is 0.793. The lowest BCUT2D eigenvalue weighted by Gasteiger charge is -2.25. The van der Waals surface area contributed by atoms with Gasteiger partial charge in [0, 0.05) is 24.6 Å². The summed E-state index contributed by atoms with van der Waals surface area (Å²) in [6.07, 6.45) is 4.33. The minimum Gasteiger partial charge on any atom is -0.326 e. The number of nitrogens with one attached hydrogen (secondary N) is 1. The van der Waals surface area contributed by atoms with Gasteiger partial charge < -0.3 is 10.2 Å². The Morgan fingerprint density at radius 1 is 1.16 bits per heavy atom. The van der Waals surface area contributed by atoms with E-state index in [9.17, 15) is 9.59 Å². The molecule has 4 rings (SSSR count). The Kier molecular flexibility index (Phi) is 2.22.